The summed E-state index contributed by atoms with van der Waals surface area (Å²) in [4.78, 5) is 0. The lowest BCUT2D eigenvalue weighted by atomic mass is 10.1. The van der Waals surface area contributed by atoms with E-state index in [1.807, 2.05) is 0 Å². The van der Waals surface area contributed by atoms with E-state index < -0.39 is 0 Å². The predicted molar refractivity (Wildman–Crippen MR) is 68.4 cm³/mol. The highest BCUT2D eigenvalue weighted by Crippen LogP contribution is 2.27. The van der Waals surface area contributed by atoms with Crippen LogP contribution in [0.5, 0.6) is 0 Å². The van der Waals surface area contributed by atoms with Gasteiger partial charge in [0.25, 0.3) is 0 Å². The number of hydrogen-bond acceptors (Lipinski definition) is 1. The van der Waals surface area contributed by atoms with Crippen molar-refractivity contribution < 1.29 is 0 Å². The third-order valence-electron chi connectivity index (χ3n) is 3.57. The van der Waals surface area contributed by atoms with Gasteiger partial charge in [-0.3, -0.25) is 0 Å². The van der Waals surface area contributed by atoms with Gasteiger partial charge < -0.3 is 10.3 Å². The van der Waals surface area contributed by atoms with Crippen molar-refractivity contribution in [1.82, 2.24) is 4.57 Å². The van der Waals surface area contributed by atoms with Crippen LogP contribution in [0.25, 0.3) is 0 Å². The lowest BCUT2D eigenvalue weighted by Crippen LogP contribution is -2.09. The van der Waals surface area contributed by atoms with E-state index in [1.165, 1.54) is 36.8 Å². The molecule has 0 aliphatic heterocycles. The van der Waals surface area contributed by atoms with E-state index in [0.29, 0.717) is 0 Å². The van der Waals surface area contributed by atoms with Gasteiger partial charge in [0.1, 0.15) is 0 Å². The fourth-order valence-corrected chi connectivity index (χ4v) is 2.49. The largest absolute Gasteiger partial charge is 0.354 e. The predicted octanol–water partition coefficient (Wildman–Crippen LogP) is 3.26. The van der Waals surface area contributed by atoms with Crippen molar-refractivity contribution in [3.05, 3.63) is 23.5 Å². The minimum atomic E-state index is 0.276. The first kappa shape index (κ1) is 11.7. The molecular formula is C14H24N2. The quantitative estimate of drug-likeness (QED) is 0.779. The van der Waals surface area contributed by atoms with Crippen molar-refractivity contribution in [2.24, 2.45) is 11.7 Å². The Morgan fingerprint density at radius 1 is 1.38 bits per heavy atom. The lowest BCUT2D eigenvalue weighted by Gasteiger charge is -2.08. The Bertz CT molecular complexity index is 339. The molecule has 0 saturated heterocycles. The maximum Gasteiger partial charge on any atom is 0.0312 e. The molecule has 0 aromatic carbocycles. The van der Waals surface area contributed by atoms with Crippen molar-refractivity contribution in [3.63, 3.8) is 0 Å². The van der Waals surface area contributed by atoms with E-state index in [9.17, 15) is 0 Å². The van der Waals surface area contributed by atoms with Gasteiger partial charge >= 0.3 is 0 Å². The first-order valence-electron chi connectivity index (χ1n) is 6.61. The summed E-state index contributed by atoms with van der Waals surface area (Å²) in [6.45, 7) is 5.69. The summed E-state index contributed by atoms with van der Waals surface area (Å²) in [6.07, 6.45) is 10.8. The molecule has 0 amide bonds. The molecule has 16 heavy (non-hydrogen) atoms. The molecule has 0 fully saturated rings. The minimum Gasteiger partial charge on any atom is -0.354 e. The number of rotatable bonds is 3. The van der Waals surface area contributed by atoms with Crippen LogP contribution in [0.15, 0.2) is 12.4 Å². The molecule has 1 aliphatic rings. The zero-order chi connectivity index (χ0) is 11.5. The fourth-order valence-electron chi connectivity index (χ4n) is 2.49. The summed E-state index contributed by atoms with van der Waals surface area (Å²) in [7, 11) is 0. The molecule has 1 aromatic rings. The first-order valence-corrected chi connectivity index (χ1v) is 6.61. The van der Waals surface area contributed by atoms with Crippen molar-refractivity contribution in [3.8, 4) is 0 Å². The number of hydrogen-bond donors (Lipinski definition) is 1. The second-order valence-electron chi connectivity index (χ2n) is 5.51. The molecule has 1 unspecified atom stereocenters. The summed E-state index contributed by atoms with van der Waals surface area (Å²) < 4.78 is 2.34. The van der Waals surface area contributed by atoms with Crippen LogP contribution in [-0.4, -0.2) is 4.57 Å². The lowest BCUT2D eigenvalue weighted by molar-refractivity contribution is 0.514. The van der Waals surface area contributed by atoms with Gasteiger partial charge in [0.15, 0.2) is 0 Å². The van der Waals surface area contributed by atoms with Crippen LogP contribution in [0.1, 0.15) is 56.7 Å². The van der Waals surface area contributed by atoms with Crippen LogP contribution in [0, 0.1) is 5.92 Å². The summed E-state index contributed by atoms with van der Waals surface area (Å²) in [5, 5.41) is 0. The molecule has 1 aromatic heterocycles. The number of aromatic nitrogens is 1. The van der Waals surface area contributed by atoms with Gasteiger partial charge in [0.05, 0.1) is 0 Å². The van der Waals surface area contributed by atoms with Crippen molar-refractivity contribution >= 4 is 0 Å². The smallest absolute Gasteiger partial charge is 0.0312 e. The summed E-state index contributed by atoms with van der Waals surface area (Å²) >= 11 is 0. The molecule has 1 aliphatic carbocycles. The molecule has 0 bridgehead atoms. The van der Waals surface area contributed by atoms with Gasteiger partial charge in [-0.15, -0.1) is 0 Å². The molecule has 2 nitrogen and oxygen atoms in total. The number of aryl methyl sites for hydroxylation is 2. The minimum absolute atomic E-state index is 0.276. The van der Waals surface area contributed by atoms with Crippen LogP contribution in [-0.2, 0) is 13.0 Å². The Morgan fingerprint density at radius 3 is 2.94 bits per heavy atom. The van der Waals surface area contributed by atoms with Gasteiger partial charge in [-0.2, -0.15) is 0 Å². The Morgan fingerprint density at radius 2 is 2.19 bits per heavy atom. The van der Waals surface area contributed by atoms with Crippen LogP contribution in [0.3, 0.4) is 0 Å². The number of nitrogens with zero attached hydrogens (tertiary/aromatic N) is 1. The number of fused-ring (bicyclic) bond motifs is 1. The Kier molecular flexibility index (Phi) is 3.70. The molecule has 0 saturated carbocycles. The highest BCUT2D eigenvalue weighted by molar-refractivity contribution is 5.28. The molecular weight excluding hydrogens is 196 g/mol. The van der Waals surface area contributed by atoms with Gasteiger partial charge in [0, 0.05) is 25.0 Å². The maximum absolute atomic E-state index is 6.20. The SMILES string of the molecule is CC(C)CCn1cc2c(c1)C(N)CCCC2. The molecule has 1 heterocycles. The van der Waals surface area contributed by atoms with E-state index in [0.717, 1.165) is 18.9 Å². The molecule has 2 rings (SSSR count). The van der Waals surface area contributed by atoms with Crippen molar-refractivity contribution in [2.45, 2.75) is 58.5 Å². The first-order chi connectivity index (χ1) is 7.66. The zero-order valence-corrected chi connectivity index (χ0v) is 10.6. The van der Waals surface area contributed by atoms with Crippen molar-refractivity contribution in [1.29, 1.82) is 0 Å². The zero-order valence-electron chi connectivity index (χ0n) is 10.6. The highest BCUT2D eigenvalue weighted by atomic mass is 14.9. The van der Waals surface area contributed by atoms with Gasteiger partial charge in [-0.1, -0.05) is 20.3 Å². The Labute approximate surface area is 98.8 Å². The van der Waals surface area contributed by atoms with Crippen LogP contribution < -0.4 is 5.73 Å². The summed E-state index contributed by atoms with van der Waals surface area (Å²) in [6, 6.07) is 0.276. The average Bonchev–Trinajstić information content (AvgIpc) is 2.57. The van der Waals surface area contributed by atoms with E-state index in [1.54, 1.807) is 0 Å². The second kappa shape index (κ2) is 5.05. The third kappa shape index (κ3) is 2.67. The molecule has 0 spiro atoms. The van der Waals surface area contributed by atoms with Crippen molar-refractivity contribution in [2.75, 3.05) is 0 Å². The second-order valence-corrected chi connectivity index (χ2v) is 5.51. The van der Waals surface area contributed by atoms with E-state index in [-0.39, 0.29) is 6.04 Å². The molecule has 0 radical (unpaired) electrons. The van der Waals surface area contributed by atoms with E-state index >= 15 is 0 Å². The standard InChI is InChI=1S/C14H24N2/c1-11(2)7-8-16-9-12-5-3-4-6-14(15)13(12)10-16/h9-11,14H,3-8,15H2,1-2H3. The van der Waals surface area contributed by atoms with Crippen LogP contribution in [0.2, 0.25) is 0 Å². The average molecular weight is 220 g/mol. The summed E-state index contributed by atoms with van der Waals surface area (Å²) in [5.41, 5.74) is 9.10. The van der Waals surface area contributed by atoms with Gasteiger partial charge in [0.2, 0.25) is 0 Å². The highest BCUT2D eigenvalue weighted by Gasteiger charge is 2.17. The monoisotopic (exact) mass is 220 g/mol. The fraction of sp³-hybridized carbons (Fsp3) is 0.714. The maximum atomic E-state index is 6.20. The topological polar surface area (TPSA) is 30.9 Å². The van der Waals surface area contributed by atoms with Gasteiger partial charge in [-0.05, 0) is 42.7 Å². The molecule has 2 heteroatoms. The Balaban J connectivity index is 2.09. The third-order valence-corrected chi connectivity index (χ3v) is 3.57. The van der Waals surface area contributed by atoms with E-state index in [2.05, 4.69) is 30.8 Å². The molecule has 1 atom stereocenters. The number of nitrogens with two attached hydrogens (primary N) is 1. The normalized spacial score (nSPS) is 20.9. The van der Waals surface area contributed by atoms with Crippen LogP contribution >= 0.6 is 0 Å². The summed E-state index contributed by atoms with van der Waals surface area (Å²) in [5.74, 6) is 0.774. The Hall–Kier alpha value is -0.760. The molecule has 90 valence electrons. The van der Waals surface area contributed by atoms with Crippen LogP contribution in [0.4, 0.5) is 0 Å². The molecule has 2 N–H and O–H groups in total. The van der Waals surface area contributed by atoms with E-state index in [4.69, 9.17) is 5.73 Å². The van der Waals surface area contributed by atoms with Gasteiger partial charge in [-0.25, -0.2) is 0 Å².